The summed E-state index contributed by atoms with van der Waals surface area (Å²) in [4.78, 5) is 24.7. The van der Waals surface area contributed by atoms with E-state index in [-0.39, 0.29) is 0 Å². The van der Waals surface area contributed by atoms with Gasteiger partial charge in [-0.3, -0.25) is 10.1 Å². The third-order valence-electron chi connectivity index (χ3n) is 3.60. The van der Waals surface area contributed by atoms with Crippen molar-refractivity contribution in [3.8, 4) is 0 Å². The predicted octanol–water partition coefficient (Wildman–Crippen LogP) is 0.827. The van der Waals surface area contributed by atoms with Crippen LogP contribution in [0, 0.1) is 6.92 Å². The molecule has 4 N–H and O–H groups in total. The summed E-state index contributed by atoms with van der Waals surface area (Å²) >= 11 is 0. The molecular weight excluding hydrogens is 284 g/mol. The quantitative estimate of drug-likeness (QED) is 0.765. The first-order valence-electron chi connectivity index (χ1n) is 7.27. The van der Waals surface area contributed by atoms with E-state index in [1.807, 2.05) is 19.1 Å². The van der Waals surface area contributed by atoms with E-state index in [0.717, 1.165) is 43.2 Å². The number of urea groups is 1. The number of hydrogen-bond acceptors (Lipinski definition) is 5. The van der Waals surface area contributed by atoms with Gasteiger partial charge in [-0.1, -0.05) is 0 Å². The number of morpholine rings is 1. The normalized spacial score (nSPS) is 16.0. The minimum atomic E-state index is -0.849. The molecule has 1 aromatic carbocycles. The lowest BCUT2D eigenvalue weighted by Crippen LogP contribution is -2.43. The number of imide groups is 1. The van der Waals surface area contributed by atoms with Gasteiger partial charge in [-0.05, 0) is 37.6 Å². The van der Waals surface area contributed by atoms with Crippen molar-refractivity contribution in [3.05, 3.63) is 23.8 Å². The maximum atomic E-state index is 11.7. The monoisotopic (exact) mass is 306 g/mol. The molecule has 0 saturated carbocycles. The highest BCUT2D eigenvalue weighted by Gasteiger charge is 2.16. The summed E-state index contributed by atoms with van der Waals surface area (Å²) in [5.41, 5.74) is 7.96. The fraction of sp³-hybridized carbons (Fsp3) is 0.467. The first-order valence-corrected chi connectivity index (χ1v) is 7.27. The Bertz CT molecular complexity index is 556. The number of anilines is 2. The Hall–Kier alpha value is -2.28. The van der Waals surface area contributed by atoms with Gasteiger partial charge >= 0.3 is 6.03 Å². The van der Waals surface area contributed by atoms with Gasteiger partial charge in [0.05, 0.1) is 13.2 Å². The van der Waals surface area contributed by atoms with Gasteiger partial charge in [0.25, 0.3) is 0 Å². The van der Waals surface area contributed by atoms with Gasteiger partial charge in [-0.15, -0.1) is 0 Å². The summed E-state index contributed by atoms with van der Waals surface area (Å²) in [7, 11) is 0. The minimum absolute atomic E-state index is 0.454. The SMILES string of the molecule is Cc1cc(N2CCOCC2)ccc1N[C@@H](C)C(=O)NC(N)=O. The van der Waals surface area contributed by atoms with Gasteiger partial charge in [0.15, 0.2) is 0 Å². The van der Waals surface area contributed by atoms with E-state index >= 15 is 0 Å². The molecule has 1 aromatic rings. The number of aryl methyl sites for hydroxylation is 1. The van der Waals surface area contributed by atoms with Crippen molar-refractivity contribution in [2.24, 2.45) is 5.73 Å². The highest BCUT2D eigenvalue weighted by atomic mass is 16.5. The molecule has 1 heterocycles. The van der Waals surface area contributed by atoms with Crippen molar-refractivity contribution in [3.63, 3.8) is 0 Å². The zero-order valence-corrected chi connectivity index (χ0v) is 12.9. The number of carbonyl (C=O) groups is 2. The van der Waals surface area contributed by atoms with E-state index in [0.29, 0.717) is 0 Å². The van der Waals surface area contributed by atoms with Crippen LogP contribution >= 0.6 is 0 Å². The second-order valence-electron chi connectivity index (χ2n) is 5.32. The second-order valence-corrected chi connectivity index (χ2v) is 5.32. The van der Waals surface area contributed by atoms with Crippen LogP contribution in [0.3, 0.4) is 0 Å². The Morgan fingerprint density at radius 1 is 1.32 bits per heavy atom. The third-order valence-corrected chi connectivity index (χ3v) is 3.60. The lowest BCUT2D eigenvalue weighted by molar-refractivity contribution is -0.120. The van der Waals surface area contributed by atoms with Crippen molar-refractivity contribution >= 4 is 23.3 Å². The lowest BCUT2D eigenvalue weighted by Gasteiger charge is -2.29. The molecule has 1 aliphatic heterocycles. The van der Waals surface area contributed by atoms with Crippen molar-refractivity contribution in [2.75, 3.05) is 36.5 Å². The van der Waals surface area contributed by atoms with Gasteiger partial charge < -0.3 is 20.7 Å². The summed E-state index contributed by atoms with van der Waals surface area (Å²) in [6.45, 7) is 6.89. The maximum Gasteiger partial charge on any atom is 0.318 e. The molecule has 0 aromatic heterocycles. The van der Waals surface area contributed by atoms with E-state index in [4.69, 9.17) is 10.5 Å². The molecule has 22 heavy (non-hydrogen) atoms. The average Bonchev–Trinajstić information content (AvgIpc) is 2.49. The number of benzene rings is 1. The fourth-order valence-electron chi connectivity index (χ4n) is 2.36. The zero-order chi connectivity index (χ0) is 16.1. The number of primary amides is 1. The van der Waals surface area contributed by atoms with E-state index in [2.05, 4.69) is 21.6 Å². The van der Waals surface area contributed by atoms with Crippen LogP contribution in [0.25, 0.3) is 0 Å². The van der Waals surface area contributed by atoms with E-state index in [9.17, 15) is 9.59 Å². The highest BCUT2D eigenvalue weighted by Crippen LogP contribution is 2.24. The van der Waals surface area contributed by atoms with Gasteiger partial charge in [0.2, 0.25) is 5.91 Å². The highest BCUT2D eigenvalue weighted by molar-refractivity contribution is 5.97. The smallest absolute Gasteiger partial charge is 0.318 e. The molecule has 1 aliphatic rings. The molecule has 120 valence electrons. The maximum absolute atomic E-state index is 11.7. The first-order chi connectivity index (χ1) is 10.5. The van der Waals surface area contributed by atoms with Crippen LogP contribution in [0.4, 0.5) is 16.2 Å². The molecule has 1 fully saturated rings. The molecule has 1 atom stereocenters. The van der Waals surface area contributed by atoms with Crippen LogP contribution < -0.4 is 21.3 Å². The number of nitrogens with zero attached hydrogens (tertiary/aromatic N) is 1. The van der Waals surface area contributed by atoms with E-state index in [1.165, 1.54) is 0 Å². The van der Waals surface area contributed by atoms with Gasteiger partial charge in [-0.25, -0.2) is 4.79 Å². The number of rotatable bonds is 4. The van der Waals surface area contributed by atoms with Crippen LogP contribution in [0.2, 0.25) is 0 Å². The Balaban J connectivity index is 2.03. The topological polar surface area (TPSA) is 96.7 Å². The second kappa shape index (κ2) is 7.13. The molecule has 0 spiro atoms. The number of nitrogens with two attached hydrogens (primary N) is 1. The van der Waals surface area contributed by atoms with Crippen LogP contribution in [0.5, 0.6) is 0 Å². The summed E-state index contributed by atoms with van der Waals surface area (Å²) in [6.07, 6.45) is 0. The number of carbonyl (C=O) groups excluding carboxylic acids is 2. The van der Waals surface area contributed by atoms with Crippen molar-refractivity contribution < 1.29 is 14.3 Å². The molecule has 7 nitrogen and oxygen atoms in total. The molecular formula is C15H22N4O3. The van der Waals surface area contributed by atoms with E-state index < -0.39 is 18.0 Å². The molecule has 7 heteroatoms. The lowest BCUT2D eigenvalue weighted by atomic mass is 10.1. The van der Waals surface area contributed by atoms with Crippen LogP contribution in [-0.4, -0.2) is 44.3 Å². The molecule has 0 bridgehead atoms. The van der Waals surface area contributed by atoms with Gasteiger partial charge in [0.1, 0.15) is 6.04 Å². The average molecular weight is 306 g/mol. The van der Waals surface area contributed by atoms with Gasteiger partial charge in [-0.2, -0.15) is 0 Å². The molecule has 0 aliphatic carbocycles. The van der Waals surface area contributed by atoms with Gasteiger partial charge in [0, 0.05) is 24.5 Å². The first kappa shape index (κ1) is 16.1. The Morgan fingerprint density at radius 3 is 2.59 bits per heavy atom. The predicted molar refractivity (Wildman–Crippen MR) is 85.0 cm³/mol. The zero-order valence-electron chi connectivity index (χ0n) is 12.9. The summed E-state index contributed by atoms with van der Waals surface area (Å²) in [6, 6.07) is 4.62. The van der Waals surface area contributed by atoms with Crippen LogP contribution in [0.1, 0.15) is 12.5 Å². The number of hydrogen-bond donors (Lipinski definition) is 3. The van der Waals surface area contributed by atoms with E-state index in [1.54, 1.807) is 6.92 Å². The number of nitrogens with one attached hydrogen (secondary N) is 2. The van der Waals surface area contributed by atoms with Crippen LogP contribution in [-0.2, 0) is 9.53 Å². The summed E-state index contributed by atoms with van der Waals surface area (Å²) < 4.78 is 5.35. The fourth-order valence-corrected chi connectivity index (χ4v) is 2.36. The standard InChI is InChI=1S/C15H22N4O3/c1-10-9-12(19-5-7-22-8-6-19)3-4-13(10)17-11(2)14(20)18-15(16)21/h3-4,9,11,17H,5-8H2,1-2H3,(H3,16,18,20,21)/t11-/m0/s1. The summed E-state index contributed by atoms with van der Waals surface area (Å²) in [5.74, 6) is -0.454. The molecule has 0 unspecified atom stereocenters. The molecule has 1 saturated heterocycles. The molecule has 2 rings (SSSR count). The minimum Gasteiger partial charge on any atom is -0.378 e. The number of amides is 3. The van der Waals surface area contributed by atoms with Crippen molar-refractivity contribution in [1.82, 2.24) is 5.32 Å². The Kier molecular flexibility index (Phi) is 5.21. The Labute approximate surface area is 129 Å². The van der Waals surface area contributed by atoms with Crippen LogP contribution in [0.15, 0.2) is 18.2 Å². The largest absolute Gasteiger partial charge is 0.378 e. The number of ether oxygens (including phenoxy) is 1. The Morgan fingerprint density at radius 2 is 2.00 bits per heavy atom. The van der Waals surface area contributed by atoms with Crippen molar-refractivity contribution in [1.29, 1.82) is 0 Å². The summed E-state index contributed by atoms with van der Waals surface area (Å²) in [5, 5.41) is 5.14. The molecule has 0 radical (unpaired) electrons. The third kappa shape index (κ3) is 4.11. The molecule has 3 amide bonds. The van der Waals surface area contributed by atoms with Crippen molar-refractivity contribution in [2.45, 2.75) is 19.9 Å².